The molecule has 2 saturated heterocycles. The Kier molecular flexibility index (Phi) is 5.15. The molecule has 0 bridgehead atoms. The second kappa shape index (κ2) is 6.86. The molecule has 1 amide bonds. The van der Waals surface area contributed by atoms with Crippen molar-refractivity contribution in [3.63, 3.8) is 0 Å². The molecule has 6 nitrogen and oxygen atoms in total. The maximum atomic E-state index is 12.2. The highest BCUT2D eigenvalue weighted by Gasteiger charge is 2.28. The molecule has 2 aliphatic heterocycles. The van der Waals surface area contributed by atoms with Gasteiger partial charge in [0.2, 0.25) is 5.91 Å². The molecule has 1 atom stereocenters. The summed E-state index contributed by atoms with van der Waals surface area (Å²) in [5, 5.41) is 12.3. The SMILES string of the molecule is O=C(O)[C@H]1CCCN(C(=O)CN2CCCNCC2)C1. The van der Waals surface area contributed by atoms with E-state index in [0.717, 1.165) is 39.0 Å². The summed E-state index contributed by atoms with van der Waals surface area (Å²) in [4.78, 5) is 27.1. The quantitative estimate of drug-likeness (QED) is 0.730. The van der Waals surface area contributed by atoms with E-state index in [4.69, 9.17) is 5.11 Å². The van der Waals surface area contributed by atoms with Gasteiger partial charge in [0.05, 0.1) is 12.5 Å². The van der Waals surface area contributed by atoms with Crippen LogP contribution in [0.15, 0.2) is 0 Å². The number of hydrogen-bond acceptors (Lipinski definition) is 4. The Morgan fingerprint density at radius 3 is 2.79 bits per heavy atom. The van der Waals surface area contributed by atoms with Gasteiger partial charge >= 0.3 is 5.97 Å². The van der Waals surface area contributed by atoms with Gasteiger partial charge in [0.15, 0.2) is 0 Å². The van der Waals surface area contributed by atoms with Gasteiger partial charge in [0.1, 0.15) is 0 Å². The second-order valence-corrected chi connectivity index (χ2v) is 5.40. The summed E-state index contributed by atoms with van der Waals surface area (Å²) < 4.78 is 0. The number of piperidine rings is 1. The molecule has 2 heterocycles. The third-order valence-electron chi connectivity index (χ3n) is 3.91. The van der Waals surface area contributed by atoms with Crippen molar-refractivity contribution in [3.8, 4) is 0 Å². The van der Waals surface area contributed by atoms with Gasteiger partial charge in [-0.2, -0.15) is 0 Å². The molecule has 2 N–H and O–H groups in total. The van der Waals surface area contributed by atoms with Crippen molar-refractivity contribution in [2.45, 2.75) is 19.3 Å². The van der Waals surface area contributed by atoms with E-state index in [1.807, 2.05) is 0 Å². The Hall–Kier alpha value is -1.14. The molecular formula is C13H23N3O3. The van der Waals surface area contributed by atoms with Gasteiger partial charge in [-0.15, -0.1) is 0 Å². The summed E-state index contributed by atoms with van der Waals surface area (Å²) in [7, 11) is 0. The average Bonchev–Trinajstić information content (AvgIpc) is 2.67. The minimum atomic E-state index is -0.781. The Bertz CT molecular complexity index is 327. The zero-order chi connectivity index (χ0) is 13.7. The van der Waals surface area contributed by atoms with Crippen LogP contribution in [0.4, 0.5) is 0 Å². The van der Waals surface area contributed by atoms with Gasteiger partial charge in [-0.1, -0.05) is 0 Å². The molecule has 0 spiro atoms. The Morgan fingerprint density at radius 2 is 2.00 bits per heavy atom. The summed E-state index contributed by atoms with van der Waals surface area (Å²) in [6.07, 6.45) is 2.54. The van der Waals surface area contributed by atoms with Crippen LogP contribution in [0.1, 0.15) is 19.3 Å². The fourth-order valence-corrected chi connectivity index (χ4v) is 2.76. The van der Waals surface area contributed by atoms with E-state index in [1.54, 1.807) is 4.90 Å². The minimum Gasteiger partial charge on any atom is -0.481 e. The smallest absolute Gasteiger partial charge is 0.308 e. The van der Waals surface area contributed by atoms with Crippen LogP contribution in [-0.4, -0.2) is 72.6 Å². The molecule has 0 aromatic rings. The molecule has 2 fully saturated rings. The fraction of sp³-hybridized carbons (Fsp3) is 0.846. The van der Waals surface area contributed by atoms with E-state index in [1.165, 1.54) is 0 Å². The molecule has 2 aliphatic rings. The number of nitrogens with one attached hydrogen (secondary N) is 1. The van der Waals surface area contributed by atoms with Crippen molar-refractivity contribution in [3.05, 3.63) is 0 Å². The van der Waals surface area contributed by atoms with Crippen molar-refractivity contribution >= 4 is 11.9 Å². The predicted molar refractivity (Wildman–Crippen MR) is 70.9 cm³/mol. The van der Waals surface area contributed by atoms with E-state index in [-0.39, 0.29) is 11.8 Å². The fourth-order valence-electron chi connectivity index (χ4n) is 2.76. The first-order valence-corrected chi connectivity index (χ1v) is 7.10. The number of hydrogen-bond donors (Lipinski definition) is 2. The number of aliphatic carboxylic acids is 1. The number of amides is 1. The highest BCUT2D eigenvalue weighted by atomic mass is 16.4. The number of likely N-dealkylation sites (tertiary alicyclic amines) is 1. The highest BCUT2D eigenvalue weighted by Crippen LogP contribution is 2.16. The minimum absolute atomic E-state index is 0.0767. The zero-order valence-electron chi connectivity index (χ0n) is 11.3. The predicted octanol–water partition coefficient (Wildman–Crippen LogP) is -0.395. The number of rotatable bonds is 3. The van der Waals surface area contributed by atoms with Crippen LogP contribution in [0.2, 0.25) is 0 Å². The largest absolute Gasteiger partial charge is 0.481 e. The van der Waals surface area contributed by atoms with Gasteiger partial charge in [-0.05, 0) is 32.4 Å². The Labute approximate surface area is 113 Å². The molecule has 0 aromatic heterocycles. The van der Waals surface area contributed by atoms with Gasteiger partial charge in [-0.25, -0.2) is 0 Å². The van der Waals surface area contributed by atoms with Crippen molar-refractivity contribution in [2.24, 2.45) is 5.92 Å². The summed E-state index contributed by atoms with van der Waals surface area (Å²) in [5.74, 6) is -1.09. The van der Waals surface area contributed by atoms with Crippen LogP contribution in [-0.2, 0) is 9.59 Å². The maximum absolute atomic E-state index is 12.2. The van der Waals surface area contributed by atoms with Gasteiger partial charge in [0, 0.05) is 26.2 Å². The summed E-state index contributed by atoms with van der Waals surface area (Å²) in [6, 6.07) is 0. The first-order chi connectivity index (χ1) is 9.16. The zero-order valence-corrected chi connectivity index (χ0v) is 11.3. The molecule has 0 unspecified atom stereocenters. The summed E-state index contributed by atoms with van der Waals surface area (Å²) in [6.45, 7) is 5.26. The molecule has 0 aliphatic carbocycles. The standard InChI is InChI=1S/C13H23N3O3/c17-12(10-15-6-2-4-14-5-8-15)16-7-1-3-11(9-16)13(18)19/h11,14H,1-10H2,(H,18,19)/t11-/m0/s1. The molecule has 108 valence electrons. The number of carbonyl (C=O) groups excluding carboxylic acids is 1. The van der Waals surface area contributed by atoms with Crippen LogP contribution in [0.3, 0.4) is 0 Å². The lowest BCUT2D eigenvalue weighted by Crippen LogP contribution is -2.47. The maximum Gasteiger partial charge on any atom is 0.308 e. The van der Waals surface area contributed by atoms with Crippen LogP contribution < -0.4 is 5.32 Å². The molecular weight excluding hydrogens is 246 g/mol. The molecule has 0 saturated carbocycles. The van der Waals surface area contributed by atoms with Gasteiger partial charge in [-0.3, -0.25) is 14.5 Å². The first-order valence-electron chi connectivity index (χ1n) is 7.10. The lowest BCUT2D eigenvalue weighted by atomic mass is 9.98. The summed E-state index contributed by atoms with van der Waals surface area (Å²) in [5.41, 5.74) is 0. The topological polar surface area (TPSA) is 72.9 Å². The van der Waals surface area contributed by atoms with E-state index in [9.17, 15) is 9.59 Å². The van der Waals surface area contributed by atoms with E-state index in [2.05, 4.69) is 10.2 Å². The number of carboxylic acids is 1. The van der Waals surface area contributed by atoms with E-state index < -0.39 is 5.97 Å². The van der Waals surface area contributed by atoms with Crippen molar-refractivity contribution < 1.29 is 14.7 Å². The van der Waals surface area contributed by atoms with Crippen LogP contribution in [0.25, 0.3) is 0 Å². The lowest BCUT2D eigenvalue weighted by Gasteiger charge is -2.32. The number of carboxylic acid groups (broad SMARTS) is 1. The highest BCUT2D eigenvalue weighted by molar-refractivity contribution is 5.79. The molecule has 0 radical (unpaired) electrons. The van der Waals surface area contributed by atoms with Crippen LogP contribution >= 0.6 is 0 Å². The van der Waals surface area contributed by atoms with Crippen LogP contribution in [0.5, 0.6) is 0 Å². The molecule has 6 heteroatoms. The van der Waals surface area contributed by atoms with Crippen molar-refractivity contribution in [1.29, 1.82) is 0 Å². The molecule has 0 aromatic carbocycles. The van der Waals surface area contributed by atoms with Crippen molar-refractivity contribution in [2.75, 3.05) is 45.8 Å². The number of nitrogens with zero attached hydrogens (tertiary/aromatic N) is 2. The monoisotopic (exact) mass is 269 g/mol. The average molecular weight is 269 g/mol. The Morgan fingerprint density at radius 1 is 1.16 bits per heavy atom. The third kappa shape index (κ3) is 4.18. The lowest BCUT2D eigenvalue weighted by molar-refractivity contribution is -0.145. The van der Waals surface area contributed by atoms with E-state index in [0.29, 0.717) is 26.1 Å². The number of carbonyl (C=O) groups is 2. The summed E-state index contributed by atoms with van der Waals surface area (Å²) >= 11 is 0. The normalized spacial score (nSPS) is 25.9. The first kappa shape index (κ1) is 14.3. The third-order valence-corrected chi connectivity index (χ3v) is 3.91. The van der Waals surface area contributed by atoms with Crippen LogP contribution in [0, 0.1) is 5.92 Å². The Balaban J connectivity index is 1.83. The molecule has 19 heavy (non-hydrogen) atoms. The van der Waals surface area contributed by atoms with Gasteiger partial charge in [0.25, 0.3) is 0 Å². The van der Waals surface area contributed by atoms with Gasteiger partial charge < -0.3 is 15.3 Å². The van der Waals surface area contributed by atoms with E-state index >= 15 is 0 Å². The molecule has 2 rings (SSSR count). The van der Waals surface area contributed by atoms with Crippen molar-refractivity contribution in [1.82, 2.24) is 15.1 Å². The second-order valence-electron chi connectivity index (χ2n) is 5.40.